The summed E-state index contributed by atoms with van der Waals surface area (Å²) in [6.07, 6.45) is 1.05. The lowest BCUT2D eigenvalue weighted by molar-refractivity contribution is -0.121. The Morgan fingerprint density at radius 3 is 2.08 bits per heavy atom. The molecule has 0 aliphatic rings. The molecule has 0 aromatic heterocycles. The molecule has 1 atom stereocenters. The van der Waals surface area contributed by atoms with Crippen LogP contribution in [0.15, 0.2) is 0 Å². The van der Waals surface area contributed by atoms with Crippen LogP contribution in [0.5, 0.6) is 0 Å². The van der Waals surface area contributed by atoms with Crippen molar-refractivity contribution in [3.63, 3.8) is 0 Å². The lowest BCUT2D eigenvalue weighted by Gasteiger charge is -2.22. The molecule has 0 radical (unpaired) electrons. The van der Waals surface area contributed by atoms with E-state index in [9.17, 15) is 13.2 Å². The van der Waals surface area contributed by atoms with Crippen molar-refractivity contribution >= 4 is 15.9 Å². The van der Waals surface area contributed by atoms with Crippen LogP contribution in [0.2, 0.25) is 0 Å². The molecule has 6 heteroatoms. The summed E-state index contributed by atoms with van der Waals surface area (Å²) < 4.78 is 23.1. The van der Waals surface area contributed by atoms with E-state index in [0.29, 0.717) is 0 Å². The van der Waals surface area contributed by atoms with E-state index in [2.05, 4.69) is 0 Å². The van der Waals surface area contributed by atoms with Crippen LogP contribution in [-0.2, 0) is 14.8 Å². The van der Waals surface area contributed by atoms with Gasteiger partial charge in [-0.15, -0.1) is 0 Å². The summed E-state index contributed by atoms with van der Waals surface area (Å²) in [5.41, 5.74) is 4.96. The van der Waals surface area contributed by atoms with Crippen LogP contribution in [0.25, 0.3) is 0 Å². The Hall–Kier alpha value is -0.620. The fraction of sp³-hybridized carbons (Fsp3) is 0.833. The van der Waals surface area contributed by atoms with Gasteiger partial charge in [0.05, 0.1) is 6.26 Å². The molecule has 72 valence electrons. The van der Waals surface area contributed by atoms with Crippen molar-refractivity contribution < 1.29 is 13.2 Å². The van der Waals surface area contributed by atoms with E-state index < -0.39 is 22.0 Å². The predicted molar refractivity (Wildman–Crippen MR) is 45.9 cm³/mol. The topological polar surface area (TPSA) is 80.5 Å². The summed E-state index contributed by atoms with van der Waals surface area (Å²) in [5.74, 6) is -0.637. The van der Waals surface area contributed by atoms with Crippen LogP contribution in [0.3, 0.4) is 0 Å². The zero-order valence-corrected chi connectivity index (χ0v) is 8.26. The molecule has 1 amide bonds. The molecular weight excluding hydrogens is 180 g/mol. The minimum absolute atomic E-state index is 0.253. The number of amides is 1. The number of hydrogen-bond acceptors (Lipinski definition) is 3. The van der Waals surface area contributed by atoms with E-state index >= 15 is 0 Å². The highest BCUT2D eigenvalue weighted by atomic mass is 32.2. The molecule has 0 aromatic rings. The molecule has 5 nitrogen and oxygen atoms in total. The molecule has 1 unspecified atom stereocenters. The lowest BCUT2D eigenvalue weighted by Crippen LogP contribution is -2.45. The third-order valence-electron chi connectivity index (χ3n) is 1.58. The van der Waals surface area contributed by atoms with Crippen molar-refractivity contribution in [1.29, 1.82) is 0 Å². The Bertz CT molecular complexity index is 260. The molecule has 0 heterocycles. The molecule has 0 bridgehead atoms. The first kappa shape index (κ1) is 11.4. The second-order valence-corrected chi connectivity index (χ2v) is 4.48. The number of rotatable bonds is 4. The van der Waals surface area contributed by atoms with Gasteiger partial charge in [-0.3, -0.25) is 4.79 Å². The fourth-order valence-corrected chi connectivity index (χ4v) is 2.08. The fourth-order valence-electron chi connectivity index (χ4n) is 0.938. The van der Waals surface area contributed by atoms with E-state index in [4.69, 9.17) is 5.73 Å². The third-order valence-corrected chi connectivity index (χ3v) is 3.01. The van der Waals surface area contributed by atoms with Crippen LogP contribution in [-0.4, -0.2) is 37.5 Å². The maximum absolute atomic E-state index is 11.0. The second-order valence-electron chi connectivity index (χ2n) is 2.54. The summed E-state index contributed by atoms with van der Waals surface area (Å²) in [4.78, 5) is 10.7. The monoisotopic (exact) mass is 194 g/mol. The summed E-state index contributed by atoms with van der Waals surface area (Å²) in [6.45, 7) is 3.37. The summed E-state index contributed by atoms with van der Waals surface area (Å²) in [7, 11) is -3.33. The van der Waals surface area contributed by atoms with E-state index in [-0.39, 0.29) is 6.54 Å². The number of likely N-dealkylation sites (N-methyl/N-ethyl adjacent to an activating group) is 1. The van der Waals surface area contributed by atoms with E-state index in [1.807, 2.05) is 0 Å². The van der Waals surface area contributed by atoms with Gasteiger partial charge in [0.15, 0.2) is 0 Å². The van der Waals surface area contributed by atoms with Crippen LogP contribution in [0.1, 0.15) is 13.8 Å². The van der Waals surface area contributed by atoms with Gasteiger partial charge >= 0.3 is 0 Å². The van der Waals surface area contributed by atoms with Gasteiger partial charge in [-0.2, -0.15) is 4.31 Å². The first-order chi connectivity index (χ1) is 5.30. The van der Waals surface area contributed by atoms with Gasteiger partial charge in [0.25, 0.3) is 0 Å². The molecule has 0 saturated carbocycles. The van der Waals surface area contributed by atoms with Crippen LogP contribution in [0.4, 0.5) is 0 Å². The molecule has 0 spiro atoms. The number of nitrogens with two attached hydrogens (primary N) is 1. The van der Waals surface area contributed by atoms with Gasteiger partial charge in [-0.25, -0.2) is 8.42 Å². The minimum Gasteiger partial charge on any atom is -0.368 e. The van der Waals surface area contributed by atoms with Crippen molar-refractivity contribution in [1.82, 2.24) is 4.31 Å². The molecule has 0 aromatic carbocycles. The molecule has 0 aliphatic carbocycles. The number of nitrogens with zero attached hydrogens (tertiary/aromatic N) is 1. The normalized spacial score (nSPS) is 14.7. The van der Waals surface area contributed by atoms with Gasteiger partial charge in [0.2, 0.25) is 15.9 Å². The number of sulfonamides is 1. The maximum atomic E-state index is 11.0. The predicted octanol–water partition coefficient (Wildman–Crippen LogP) is -0.858. The van der Waals surface area contributed by atoms with Crippen LogP contribution in [0, 0.1) is 0 Å². The van der Waals surface area contributed by atoms with Crippen molar-refractivity contribution in [2.75, 3.05) is 12.8 Å². The van der Waals surface area contributed by atoms with Crippen molar-refractivity contribution in [3.8, 4) is 0 Å². The van der Waals surface area contributed by atoms with Crippen LogP contribution < -0.4 is 5.73 Å². The first-order valence-corrected chi connectivity index (χ1v) is 5.41. The Labute approximate surface area is 72.6 Å². The Morgan fingerprint density at radius 2 is 2.00 bits per heavy atom. The highest BCUT2D eigenvalue weighted by Crippen LogP contribution is 2.03. The van der Waals surface area contributed by atoms with Gasteiger partial charge in [-0.05, 0) is 6.92 Å². The smallest absolute Gasteiger partial charge is 0.235 e. The molecule has 0 fully saturated rings. The van der Waals surface area contributed by atoms with Gasteiger partial charge in [0, 0.05) is 6.54 Å². The van der Waals surface area contributed by atoms with Gasteiger partial charge < -0.3 is 5.73 Å². The van der Waals surface area contributed by atoms with E-state index in [0.717, 1.165) is 10.6 Å². The van der Waals surface area contributed by atoms with E-state index in [1.54, 1.807) is 6.92 Å². The molecule has 0 rings (SSSR count). The van der Waals surface area contributed by atoms with Gasteiger partial charge in [-0.1, -0.05) is 6.92 Å². The average molecular weight is 194 g/mol. The summed E-state index contributed by atoms with van der Waals surface area (Å²) in [6, 6.07) is -0.773. The second kappa shape index (κ2) is 3.86. The highest BCUT2D eigenvalue weighted by Gasteiger charge is 2.24. The van der Waals surface area contributed by atoms with Crippen molar-refractivity contribution in [3.05, 3.63) is 0 Å². The molecule has 0 aliphatic heterocycles. The van der Waals surface area contributed by atoms with Crippen molar-refractivity contribution in [2.45, 2.75) is 19.9 Å². The number of carbonyl (C=O) groups excluding carboxylic acids is 1. The standard InChI is InChI=1S/C6H14N2O3S/c1-4-8(12(3,10)11)5(2)6(7)9/h5H,4H2,1-3H3,(H2,7,9). The number of primary amides is 1. The number of hydrogen-bond donors (Lipinski definition) is 1. The van der Waals surface area contributed by atoms with Gasteiger partial charge in [0.1, 0.15) is 6.04 Å². The Morgan fingerprint density at radius 1 is 1.58 bits per heavy atom. The van der Waals surface area contributed by atoms with Crippen LogP contribution >= 0.6 is 0 Å². The SMILES string of the molecule is CCN(C(C)C(N)=O)S(C)(=O)=O. The zero-order valence-electron chi connectivity index (χ0n) is 7.44. The lowest BCUT2D eigenvalue weighted by atomic mass is 10.3. The van der Waals surface area contributed by atoms with Crippen molar-refractivity contribution in [2.24, 2.45) is 5.73 Å². The molecule has 2 N–H and O–H groups in total. The quantitative estimate of drug-likeness (QED) is 0.632. The molecule has 0 saturated heterocycles. The highest BCUT2D eigenvalue weighted by molar-refractivity contribution is 7.88. The maximum Gasteiger partial charge on any atom is 0.235 e. The summed E-state index contributed by atoms with van der Waals surface area (Å²) in [5, 5.41) is 0. The zero-order chi connectivity index (χ0) is 9.94. The molecular formula is C6H14N2O3S. The molecule has 12 heavy (non-hydrogen) atoms. The Balaban J connectivity index is 4.70. The minimum atomic E-state index is -3.33. The summed E-state index contributed by atoms with van der Waals surface area (Å²) >= 11 is 0. The largest absolute Gasteiger partial charge is 0.368 e. The first-order valence-electron chi connectivity index (χ1n) is 3.56. The average Bonchev–Trinajstić information content (AvgIpc) is 1.85. The third kappa shape index (κ3) is 2.78. The van der Waals surface area contributed by atoms with E-state index in [1.165, 1.54) is 6.92 Å². The number of carbonyl (C=O) groups is 1. The Kier molecular flexibility index (Phi) is 3.66.